The number of nitrogens with zero attached hydrogens (tertiary/aromatic N) is 1. The van der Waals surface area contributed by atoms with Crippen LogP contribution in [0.5, 0.6) is 0 Å². The lowest BCUT2D eigenvalue weighted by Gasteiger charge is -2.21. The summed E-state index contributed by atoms with van der Waals surface area (Å²) in [6, 6.07) is 7.19. The molecular formula is C17H25NO2. The molecule has 0 N–H and O–H groups in total. The molecule has 0 heterocycles. The Kier molecular flexibility index (Phi) is 6.99. The second kappa shape index (κ2) is 8.51. The van der Waals surface area contributed by atoms with Gasteiger partial charge in [-0.05, 0) is 19.8 Å². The third-order valence-corrected chi connectivity index (χ3v) is 3.36. The zero-order chi connectivity index (χ0) is 15.0. The van der Waals surface area contributed by atoms with E-state index >= 15 is 0 Å². The Morgan fingerprint density at radius 3 is 1.90 bits per heavy atom. The van der Waals surface area contributed by atoms with Crippen LogP contribution in [0.4, 0.5) is 0 Å². The number of amides is 1. The van der Waals surface area contributed by atoms with Crippen molar-refractivity contribution in [2.45, 2.75) is 46.5 Å². The monoisotopic (exact) mass is 275 g/mol. The van der Waals surface area contributed by atoms with Gasteiger partial charge in [0, 0.05) is 18.7 Å². The topological polar surface area (TPSA) is 37.4 Å². The van der Waals surface area contributed by atoms with Crippen LogP contribution < -0.4 is 0 Å². The number of carbonyl (C=O) groups is 2. The van der Waals surface area contributed by atoms with Crippen molar-refractivity contribution in [2.75, 3.05) is 13.1 Å². The van der Waals surface area contributed by atoms with E-state index in [4.69, 9.17) is 0 Å². The summed E-state index contributed by atoms with van der Waals surface area (Å²) in [5.74, 6) is -0.757. The number of ketones is 1. The van der Waals surface area contributed by atoms with Crippen LogP contribution in [0.2, 0.25) is 0 Å². The summed E-state index contributed by atoms with van der Waals surface area (Å²) < 4.78 is 0. The summed E-state index contributed by atoms with van der Waals surface area (Å²) in [4.78, 5) is 26.3. The van der Waals surface area contributed by atoms with Gasteiger partial charge in [-0.2, -0.15) is 0 Å². The van der Waals surface area contributed by atoms with Crippen LogP contribution in [0.15, 0.2) is 24.3 Å². The quantitative estimate of drug-likeness (QED) is 0.537. The van der Waals surface area contributed by atoms with Crippen LogP contribution in [-0.4, -0.2) is 29.7 Å². The van der Waals surface area contributed by atoms with E-state index in [-0.39, 0.29) is 5.91 Å². The maximum atomic E-state index is 12.3. The second-order valence-corrected chi connectivity index (χ2v) is 5.19. The minimum atomic E-state index is -0.391. The van der Waals surface area contributed by atoms with E-state index in [1.807, 2.05) is 19.1 Å². The normalized spacial score (nSPS) is 10.3. The van der Waals surface area contributed by atoms with Crippen molar-refractivity contribution < 1.29 is 9.59 Å². The third kappa shape index (κ3) is 4.80. The number of benzene rings is 1. The van der Waals surface area contributed by atoms with Gasteiger partial charge in [0.05, 0.1) is 0 Å². The first-order valence-corrected chi connectivity index (χ1v) is 7.50. The van der Waals surface area contributed by atoms with Gasteiger partial charge in [-0.15, -0.1) is 0 Å². The summed E-state index contributed by atoms with van der Waals surface area (Å²) in [7, 11) is 0. The Bertz CT molecular complexity index is 429. The summed E-state index contributed by atoms with van der Waals surface area (Å²) >= 11 is 0. The standard InChI is InChI=1S/C17H25NO2/c1-4-6-12-18(13-7-5-2)17(20)16(19)15-10-8-14(3)9-11-15/h8-11H,4-7,12-13H2,1-3H3. The molecule has 0 atom stereocenters. The second-order valence-electron chi connectivity index (χ2n) is 5.19. The van der Waals surface area contributed by atoms with Crippen LogP contribution in [0.25, 0.3) is 0 Å². The molecule has 3 nitrogen and oxygen atoms in total. The van der Waals surface area contributed by atoms with Crippen molar-refractivity contribution in [1.82, 2.24) is 4.90 Å². The van der Waals surface area contributed by atoms with Gasteiger partial charge in [-0.1, -0.05) is 56.5 Å². The number of hydrogen-bond donors (Lipinski definition) is 0. The molecule has 0 unspecified atom stereocenters. The molecule has 3 heteroatoms. The maximum Gasteiger partial charge on any atom is 0.294 e. The van der Waals surface area contributed by atoms with Gasteiger partial charge in [0.1, 0.15) is 0 Å². The van der Waals surface area contributed by atoms with Crippen LogP contribution in [-0.2, 0) is 4.79 Å². The maximum absolute atomic E-state index is 12.3. The first-order valence-electron chi connectivity index (χ1n) is 7.50. The lowest BCUT2D eigenvalue weighted by molar-refractivity contribution is -0.126. The molecule has 0 saturated heterocycles. The van der Waals surface area contributed by atoms with Crippen molar-refractivity contribution >= 4 is 11.7 Å². The summed E-state index contributed by atoms with van der Waals surface area (Å²) in [5.41, 5.74) is 1.57. The van der Waals surface area contributed by atoms with Gasteiger partial charge in [-0.3, -0.25) is 9.59 Å². The van der Waals surface area contributed by atoms with Gasteiger partial charge in [-0.25, -0.2) is 0 Å². The fourth-order valence-electron chi connectivity index (χ4n) is 1.98. The Labute approximate surface area is 122 Å². The minimum Gasteiger partial charge on any atom is -0.336 e. The van der Waals surface area contributed by atoms with E-state index in [0.717, 1.165) is 31.2 Å². The van der Waals surface area contributed by atoms with Crippen LogP contribution in [0.3, 0.4) is 0 Å². The first kappa shape index (κ1) is 16.4. The van der Waals surface area contributed by atoms with Gasteiger partial charge in [0.25, 0.3) is 5.91 Å². The summed E-state index contributed by atoms with van der Waals surface area (Å²) in [6.45, 7) is 7.49. The molecule has 0 aromatic heterocycles. The number of rotatable bonds is 8. The average Bonchev–Trinajstić information content (AvgIpc) is 2.47. The van der Waals surface area contributed by atoms with Crippen molar-refractivity contribution in [3.8, 4) is 0 Å². The SMILES string of the molecule is CCCCN(CCCC)C(=O)C(=O)c1ccc(C)cc1. The largest absolute Gasteiger partial charge is 0.336 e. The highest BCUT2D eigenvalue weighted by atomic mass is 16.2. The van der Waals surface area contributed by atoms with Crippen LogP contribution >= 0.6 is 0 Å². The van der Waals surface area contributed by atoms with E-state index in [0.29, 0.717) is 18.7 Å². The number of hydrogen-bond acceptors (Lipinski definition) is 2. The molecular weight excluding hydrogens is 250 g/mol. The molecule has 0 saturated carbocycles. The minimum absolute atomic E-state index is 0.365. The highest BCUT2D eigenvalue weighted by molar-refractivity contribution is 6.42. The van der Waals surface area contributed by atoms with Gasteiger partial charge < -0.3 is 4.90 Å². The molecule has 0 radical (unpaired) electrons. The van der Waals surface area contributed by atoms with E-state index in [1.54, 1.807) is 17.0 Å². The van der Waals surface area contributed by atoms with Gasteiger partial charge in [0.2, 0.25) is 5.78 Å². The Hall–Kier alpha value is -1.64. The van der Waals surface area contributed by atoms with E-state index in [2.05, 4.69) is 13.8 Å². The van der Waals surface area contributed by atoms with Crippen molar-refractivity contribution in [3.05, 3.63) is 35.4 Å². The van der Waals surface area contributed by atoms with Crippen molar-refractivity contribution in [3.63, 3.8) is 0 Å². The smallest absolute Gasteiger partial charge is 0.294 e. The zero-order valence-corrected chi connectivity index (χ0v) is 12.8. The molecule has 0 fully saturated rings. The molecule has 0 bridgehead atoms. The predicted octanol–water partition coefficient (Wildman–Crippen LogP) is 3.61. The molecule has 0 aliphatic rings. The first-order chi connectivity index (χ1) is 9.60. The molecule has 0 spiro atoms. The molecule has 1 aromatic carbocycles. The molecule has 1 rings (SSSR count). The lowest BCUT2D eigenvalue weighted by Crippen LogP contribution is -2.38. The third-order valence-electron chi connectivity index (χ3n) is 3.36. The van der Waals surface area contributed by atoms with Gasteiger partial charge in [0.15, 0.2) is 0 Å². The number of unbranched alkanes of at least 4 members (excludes halogenated alkanes) is 2. The predicted molar refractivity (Wildman–Crippen MR) is 81.9 cm³/mol. The summed E-state index contributed by atoms with van der Waals surface area (Å²) in [6.07, 6.45) is 3.93. The average molecular weight is 275 g/mol. The van der Waals surface area contributed by atoms with Crippen LogP contribution in [0, 0.1) is 6.92 Å². The molecule has 20 heavy (non-hydrogen) atoms. The Morgan fingerprint density at radius 2 is 1.45 bits per heavy atom. The number of carbonyl (C=O) groups excluding carboxylic acids is 2. The van der Waals surface area contributed by atoms with Crippen molar-refractivity contribution in [1.29, 1.82) is 0 Å². The van der Waals surface area contributed by atoms with E-state index < -0.39 is 5.78 Å². The molecule has 1 aromatic rings. The lowest BCUT2D eigenvalue weighted by atomic mass is 10.1. The van der Waals surface area contributed by atoms with E-state index in [9.17, 15) is 9.59 Å². The highest BCUT2D eigenvalue weighted by Gasteiger charge is 2.22. The zero-order valence-electron chi connectivity index (χ0n) is 12.8. The van der Waals surface area contributed by atoms with Crippen LogP contribution in [0.1, 0.15) is 55.5 Å². The molecule has 110 valence electrons. The van der Waals surface area contributed by atoms with Crippen molar-refractivity contribution in [2.24, 2.45) is 0 Å². The fourth-order valence-corrected chi connectivity index (χ4v) is 1.98. The summed E-state index contributed by atoms with van der Waals surface area (Å²) in [5, 5.41) is 0. The Morgan fingerprint density at radius 1 is 0.950 bits per heavy atom. The van der Waals surface area contributed by atoms with E-state index in [1.165, 1.54) is 0 Å². The number of Topliss-reactive ketones (excluding diaryl/α,β-unsaturated/α-hetero) is 1. The van der Waals surface area contributed by atoms with Gasteiger partial charge >= 0.3 is 0 Å². The highest BCUT2D eigenvalue weighted by Crippen LogP contribution is 2.08. The molecule has 0 aliphatic heterocycles. The fraction of sp³-hybridized carbons (Fsp3) is 0.529. The number of aryl methyl sites for hydroxylation is 1. The molecule has 1 amide bonds. The molecule has 0 aliphatic carbocycles. The Balaban J connectivity index is 2.76.